The van der Waals surface area contributed by atoms with Crippen molar-refractivity contribution in [3.63, 3.8) is 0 Å². The lowest BCUT2D eigenvalue weighted by atomic mass is 9.98. The van der Waals surface area contributed by atoms with Crippen molar-refractivity contribution in [3.05, 3.63) is 89.5 Å². The van der Waals surface area contributed by atoms with Gasteiger partial charge >= 0.3 is 12.1 Å². The third kappa shape index (κ3) is 4.38. The highest BCUT2D eigenvalue weighted by Crippen LogP contribution is 2.44. The highest BCUT2D eigenvalue weighted by atomic mass is 16.6. The minimum atomic E-state index is -1.10. The van der Waals surface area contributed by atoms with Crippen LogP contribution in [0.4, 0.5) is 4.79 Å². The molecule has 6 heteroatoms. The van der Waals surface area contributed by atoms with Gasteiger partial charge in [0.1, 0.15) is 18.9 Å². The van der Waals surface area contributed by atoms with Crippen LogP contribution in [0.15, 0.2) is 72.8 Å². The van der Waals surface area contributed by atoms with E-state index in [0.717, 1.165) is 27.8 Å². The van der Waals surface area contributed by atoms with Crippen molar-refractivity contribution >= 4 is 12.1 Å². The maximum absolute atomic E-state index is 12.8. The monoisotopic (exact) mass is 417 g/mol. The number of carboxylic acids is 1. The second kappa shape index (κ2) is 8.92. The van der Waals surface area contributed by atoms with Gasteiger partial charge in [0.25, 0.3) is 0 Å². The number of amides is 1. The molecule has 0 aromatic heterocycles. The van der Waals surface area contributed by atoms with Gasteiger partial charge in [-0.3, -0.25) is 9.69 Å². The number of ether oxygens (including phenoxy) is 2. The third-order valence-electron chi connectivity index (χ3n) is 5.45. The van der Waals surface area contributed by atoms with E-state index < -0.39 is 18.6 Å². The second-order valence-electron chi connectivity index (χ2n) is 7.40. The maximum atomic E-state index is 12.8. The van der Waals surface area contributed by atoms with Crippen molar-refractivity contribution < 1.29 is 24.2 Å². The number of methoxy groups -OCH3 is 1. The van der Waals surface area contributed by atoms with Crippen LogP contribution in [0.5, 0.6) is 5.75 Å². The van der Waals surface area contributed by atoms with Crippen molar-refractivity contribution in [2.24, 2.45) is 0 Å². The second-order valence-corrected chi connectivity index (χ2v) is 7.40. The van der Waals surface area contributed by atoms with Crippen LogP contribution in [0.3, 0.4) is 0 Å². The molecule has 0 saturated heterocycles. The summed E-state index contributed by atoms with van der Waals surface area (Å²) in [6.07, 6.45) is -0.653. The van der Waals surface area contributed by atoms with Gasteiger partial charge in [-0.1, -0.05) is 60.7 Å². The standard InChI is InChI=1S/C25H23NO5/c1-30-18-12-10-17(11-13-18)14-26(15-24(27)28)25(29)31-16-23-21-8-4-2-6-19(21)20-7-3-5-9-22(20)23/h2-13,23H,14-16H2,1H3,(H,27,28). The lowest BCUT2D eigenvalue weighted by Crippen LogP contribution is -2.36. The summed E-state index contributed by atoms with van der Waals surface area (Å²) in [5.74, 6) is -0.485. The lowest BCUT2D eigenvalue weighted by Gasteiger charge is -2.22. The Kier molecular flexibility index (Phi) is 5.89. The Labute approximate surface area is 180 Å². The number of carbonyl (C=O) groups excluding carboxylic acids is 1. The maximum Gasteiger partial charge on any atom is 0.410 e. The molecule has 1 N–H and O–H groups in total. The zero-order valence-electron chi connectivity index (χ0n) is 17.2. The van der Waals surface area contributed by atoms with Crippen LogP contribution < -0.4 is 4.74 Å². The average molecular weight is 417 g/mol. The van der Waals surface area contributed by atoms with Gasteiger partial charge in [0.05, 0.1) is 7.11 Å². The summed E-state index contributed by atoms with van der Waals surface area (Å²) in [6, 6.07) is 23.3. The first-order valence-electron chi connectivity index (χ1n) is 10.0. The van der Waals surface area contributed by atoms with Crippen LogP contribution in [0.25, 0.3) is 11.1 Å². The number of benzene rings is 3. The van der Waals surface area contributed by atoms with Crippen LogP contribution in [-0.4, -0.2) is 42.3 Å². The smallest absolute Gasteiger partial charge is 0.410 e. The minimum absolute atomic E-state index is 0.0796. The molecule has 31 heavy (non-hydrogen) atoms. The van der Waals surface area contributed by atoms with E-state index in [-0.39, 0.29) is 19.1 Å². The molecule has 0 aliphatic heterocycles. The van der Waals surface area contributed by atoms with E-state index >= 15 is 0 Å². The molecular weight excluding hydrogens is 394 g/mol. The first-order chi connectivity index (χ1) is 15.1. The van der Waals surface area contributed by atoms with E-state index in [1.165, 1.54) is 4.90 Å². The molecule has 4 rings (SSSR count). The summed E-state index contributed by atoms with van der Waals surface area (Å²) >= 11 is 0. The van der Waals surface area contributed by atoms with Gasteiger partial charge in [-0.15, -0.1) is 0 Å². The fourth-order valence-electron chi connectivity index (χ4n) is 3.98. The molecule has 0 heterocycles. The van der Waals surface area contributed by atoms with Crippen LogP contribution in [0, 0.1) is 0 Å². The summed E-state index contributed by atoms with van der Waals surface area (Å²) in [5, 5.41) is 9.26. The van der Waals surface area contributed by atoms with Crippen molar-refractivity contribution in [2.75, 3.05) is 20.3 Å². The van der Waals surface area contributed by atoms with Gasteiger partial charge in [0.15, 0.2) is 0 Å². The molecule has 3 aromatic carbocycles. The predicted molar refractivity (Wildman–Crippen MR) is 116 cm³/mol. The molecule has 0 spiro atoms. The normalized spacial score (nSPS) is 12.0. The van der Waals surface area contributed by atoms with E-state index in [9.17, 15) is 14.7 Å². The van der Waals surface area contributed by atoms with E-state index in [2.05, 4.69) is 12.1 Å². The number of carbonyl (C=O) groups is 2. The van der Waals surface area contributed by atoms with Crippen LogP contribution in [-0.2, 0) is 16.1 Å². The summed E-state index contributed by atoms with van der Waals surface area (Å²) in [7, 11) is 1.57. The van der Waals surface area contributed by atoms with E-state index in [4.69, 9.17) is 9.47 Å². The van der Waals surface area contributed by atoms with Gasteiger partial charge < -0.3 is 14.6 Å². The Bertz CT molecular complexity index is 1050. The Hall–Kier alpha value is -3.80. The number of fused-ring (bicyclic) bond motifs is 3. The zero-order valence-corrected chi connectivity index (χ0v) is 17.2. The first kappa shape index (κ1) is 20.5. The Morgan fingerprint density at radius 1 is 0.903 bits per heavy atom. The van der Waals surface area contributed by atoms with E-state index in [1.54, 1.807) is 31.4 Å². The molecule has 0 bridgehead atoms. The summed E-state index contributed by atoms with van der Waals surface area (Å²) < 4.78 is 10.8. The van der Waals surface area contributed by atoms with E-state index in [0.29, 0.717) is 5.75 Å². The highest BCUT2D eigenvalue weighted by Gasteiger charge is 2.30. The number of rotatable bonds is 7. The molecule has 158 valence electrons. The van der Waals surface area contributed by atoms with Crippen molar-refractivity contribution in [2.45, 2.75) is 12.5 Å². The SMILES string of the molecule is COc1ccc(CN(CC(=O)O)C(=O)OCC2c3ccccc3-c3ccccc32)cc1. The topological polar surface area (TPSA) is 76.1 Å². The van der Waals surface area contributed by atoms with Gasteiger partial charge in [0.2, 0.25) is 0 Å². The number of hydrogen-bond acceptors (Lipinski definition) is 4. The Balaban J connectivity index is 1.49. The van der Waals surface area contributed by atoms with Crippen LogP contribution >= 0.6 is 0 Å². The molecule has 6 nitrogen and oxygen atoms in total. The predicted octanol–water partition coefficient (Wildman–Crippen LogP) is 4.53. The largest absolute Gasteiger partial charge is 0.497 e. The number of nitrogens with zero attached hydrogens (tertiary/aromatic N) is 1. The summed E-state index contributed by atoms with van der Waals surface area (Å²) in [5.41, 5.74) is 5.28. The molecule has 0 atom stereocenters. The Morgan fingerprint density at radius 3 is 2.03 bits per heavy atom. The fourth-order valence-corrected chi connectivity index (χ4v) is 3.98. The van der Waals surface area contributed by atoms with Crippen molar-refractivity contribution in [1.29, 1.82) is 0 Å². The lowest BCUT2D eigenvalue weighted by molar-refractivity contribution is -0.138. The minimum Gasteiger partial charge on any atom is -0.497 e. The van der Waals surface area contributed by atoms with E-state index in [1.807, 2.05) is 36.4 Å². The van der Waals surface area contributed by atoms with Crippen molar-refractivity contribution in [1.82, 2.24) is 4.90 Å². The molecule has 0 radical (unpaired) electrons. The number of aliphatic carboxylic acids is 1. The van der Waals surface area contributed by atoms with Crippen molar-refractivity contribution in [3.8, 4) is 16.9 Å². The molecule has 0 fully saturated rings. The quantitative estimate of drug-likeness (QED) is 0.611. The third-order valence-corrected chi connectivity index (χ3v) is 5.45. The number of carboxylic acid groups (broad SMARTS) is 1. The first-order valence-corrected chi connectivity index (χ1v) is 10.0. The van der Waals surface area contributed by atoms with Crippen LogP contribution in [0.1, 0.15) is 22.6 Å². The average Bonchev–Trinajstić information content (AvgIpc) is 3.11. The molecule has 3 aromatic rings. The molecule has 1 amide bonds. The zero-order chi connectivity index (χ0) is 21.8. The molecule has 0 unspecified atom stereocenters. The highest BCUT2D eigenvalue weighted by molar-refractivity contribution is 5.79. The summed E-state index contributed by atoms with van der Waals surface area (Å²) in [6.45, 7) is -0.165. The fraction of sp³-hybridized carbons (Fsp3) is 0.200. The van der Waals surface area contributed by atoms with Gasteiger partial charge in [0, 0.05) is 12.5 Å². The Morgan fingerprint density at radius 2 is 1.48 bits per heavy atom. The summed E-state index contributed by atoms with van der Waals surface area (Å²) in [4.78, 5) is 25.3. The molecule has 0 saturated carbocycles. The molecular formula is C25H23NO5. The van der Waals surface area contributed by atoms with Gasteiger partial charge in [-0.2, -0.15) is 0 Å². The number of hydrogen-bond donors (Lipinski definition) is 1. The van der Waals surface area contributed by atoms with Gasteiger partial charge in [-0.25, -0.2) is 4.79 Å². The molecule has 1 aliphatic carbocycles. The van der Waals surface area contributed by atoms with Crippen LogP contribution in [0.2, 0.25) is 0 Å². The molecule has 1 aliphatic rings. The van der Waals surface area contributed by atoms with Gasteiger partial charge in [-0.05, 0) is 39.9 Å².